The van der Waals surface area contributed by atoms with Crippen molar-refractivity contribution >= 4 is 11.8 Å². The molecule has 2 heterocycles. The van der Waals surface area contributed by atoms with Crippen LogP contribution in [-0.4, -0.2) is 22.6 Å². The van der Waals surface area contributed by atoms with Crippen molar-refractivity contribution in [2.45, 2.75) is 26.0 Å². The van der Waals surface area contributed by atoms with Gasteiger partial charge in [-0.2, -0.15) is 0 Å². The molecule has 0 amide bonds. The van der Waals surface area contributed by atoms with E-state index in [-0.39, 0.29) is 0 Å². The average Bonchev–Trinajstić information content (AvgIpc) is 3.14. The minimum Gasteiger partial charge on any atom is -0.492 e. The van der Waals surface area contributed by atoms with Gasteiger partial charge in [0.2, 0.25) is 0 Å². The zero-order valence-corrected chi connectivity index (χ0v) is 14.1. The largest absolute Gasteiger partial charge is 0.492 e. The lowest BCUT2D eigenvalue weighted by atomic mass is 10.1. The zero-order valence-electron chi connectivity index (χ0n) is 13.3. The van der Waals surface area contributed by atoms with Crippen LogP contribution in [0.5, 0.6) is 5.75 Å². The molecule has 0 fully saturated rings. The highest BCUT2D eigenvalue weighted by Crippen LogP contribution is 2.27. The predicted octanol–water partition coefficient (Wildman–Crippen LogP) is 4.43. The fourth-order valence-electron chi connectivity index (χ4n) is 2.28. The van der Waals surface area contributed by atoms with Gasteiger partial charge in [0.05, 0.1) is 18.4 Å². The normalized spacial score (nSPS) is 10.9. The molecule has 6 heteroatoms. The van der Waals surface area contributed by atoms with Crippen molar-refractivity contribution in [3.8, 4) is 17.2 Å². The van der Waals surface area contributed by atoms with E-state index in [9.17, 15) is 0 Å². The second kappa shape index (κ2) is 6.91. The molecule has 0 saturated heterocycles. The molecule has 0 spiro atoms. The lowest BCUT2D eigenvalue weighted by Crippen LogP contribution is -2.02. The molecule has 0 N–H and O–H groups in total. The van der Waals surface area contributed by atoms with Gasteiger partial charge in [0.25, 0.3) is 11.1 Å². The van der Waals surface area contributed by atoms with Gasteiger partial charge in [-0.15, -0.1) is 10.2 Å². The van der Waals surface area contributed by atoms with Crippen molar-refractivity contribution in [3.05, 3.63) is 47.4 Å². The van der Waals surface area contributed by atoms with Gasteiger partial charge in [-0.25, -0.2) is 0 Å². The van der Waals surface area contributed by atoms with E-state index in [2.05, 4.69) is 10.2 Å². The number of furan rings is 1. The highest BCUT2D eigenvalue weighted by Gasteiger charge is 2.13. The molecule has 0 aliphatic rings. The number of rotatable bonds is 6. The molecule has 0 aliphatic heterocycles. The Hall–Kier alpha value is -2.21. The first kappa shape index (κ1) is 15.7. The van der Waals surface area contributed by atoms with Gasteiger partial charge in [-0.1, -0.05) is 30.0 Å². The third-order valence-electron chi connectivity index (χ3n) is 3.46. The van der Waals surface area contributed by atoms with E-state index in [0.29, 0.717) is 17.7 Å². The molecule has 0 bridgehead atoms. The van der Waals surface area contributed by atoms with Crippen LogP contribution in [0.1, 0.15) is 16.9 Å². The van der Waals surface area contributed by atoms with E-state index >= 15 is 0 Å². The quantitative estimate of drug-likeness (QED) is 0.492. The highest BCUT2D eigenvalue weighted by molar-refractivity contribution is 7.99. The molecule has 3 aromatic rings. The minimum absolute atomic E-state index is 0.481. The van der Waals surface area contributed by atoms with Crippen molar-refractivity contribution < 1.29 is 13.6 Å². The maximum atomic E-state index is 5.86. The molecule has 1 aromatic carbocycles. The molecule has 0 aliphatic carbocycles. The van der Waals surface area contributed by atoms with Crippen LogP contribution in [0.4, 0.5) is 0 Å². The fourth-order valence-corrected chi connectivity index (χ4v) is 2.86. The molecular weight excluding hydrogens is 312 g/mol. The van der Waals surface area contributed by atoms with Gasteiger partial charge >= 0.3 is 0 Å². The van der Waals surface area contributed by atoms with Crippen molar-refractivity contribution in [3.63, 3.8) is 0 Å². The van der Waals surface area contributed by atoms with Gasteiger partial charge in [0.15, 0.2) is 0 Å². The summed E-state index contributed by atoms with van der Waals surface area (Å²) in [4.78, 5) is 0. The second-order valence-corrected chi connectivity index (χ2v) is 6.23. The van der Waals surface area contributed by atoms with Crippen LogP contribution in [-0.2, 0) is 0 Å². The van der Waals surface area contributed by atoms with Gasteiger partial charge in [0.1, 0.15) is 11.5 Å². The maximum Gasteiger partial charge on any atom is 0.276 e. The van der Waals surface area contributed by atoms with Crippen LogP contribution in [0.3, 0.4) is 0 Å². The van der Waals surface area contributed by atoms with Gasteiger partial charge in [0, 0.05) is 5.75 Å². The summed E-state index contributed by atoms with van der Waals surface area (Å²) in [5.41, 5.74) is 3.12. The topological polar surface area (TPSA) is 61.3 Å². The first-order chi connectivity index (χ1) is 11.1. The molecule has 5 nitrogen and oxygen atoms in total. The van der Waals surface area contributed by atoms with Crippen LogP contribution in [0, 0.1) is 20.8 Å². The molecule has 23 heavy (non-hydrogen) atoms. The van der Waals surface area contributed by atoms with Gasteiger partial charge < -0.3 is 13.6 Å². The number of benzene rings is 1. The van der Waals surface area contributed by atoms with Crippen LogP contribution in [0.25, 0.3) is 11.5 Å². The Balaban J connectivity index is 1.54. The molecule has 0 unspecified atom stereocenters. The summed E-state index contributed by atoms with van der Waals surface area (Å²) in [7, 11) is 0. The van der Waals surface area contributed by atoms with E-state index in [1.165, 1.54) is 11.8 Å². The first-order valence-electron chi connectivity index (χ1n) is 7.35. The van der Waals surface area contributed by atoms with Crippen LogP contribution < -0.4 is 4.74 Å². The SMILES string of the molecule is Cc1cccc(C)c1OCCSc1nnc(-c2ccoc2C)o1. The van der Waals surface area contributed by atoms with Gasteiger partial charge in [-0.3, -0.25) is 0 Å². The number of ether oxygens (including phenoxy) is 1. The summed E-state index contributed by atoms with van der Waals surface area (Å²) in [6.45, 7) is 6.55. The number of aromatic nitrogens is 2. The Bertz CT molecular complexity index is 774. The van der Waals surface area contributed by atoms with E-state index < -0.39 is 0 Å². The maximum absolute atomic E-state index is 5.86. The van der Waals surface area contributed by atoms with Crippen molar-refractivity contribution in [1.82, 2.24) is 10.2 Å². The van der Waals surface area contributed by atoms with E-state index in [1.807, 2.05) is 45.0 Å². The standard InChI is InChI=1S/C17H18N2O3S/c1-11-5-4-6-12(2)15(11)21-9-10-23-17-19-18-16(22-17)14-7-8-20-13(14)3/h4-8H,9-10H2,1-3H3. The number of hydrogen-bond donors (Lipinski definition) is 0. The van der Waals surface area contributed by atoms with E-state index in [4.69, 9.17) is 13.6 Å². The number of nitrogens with zero attached hydrogens (tertiary/aromatic N) is 2. The van der Waals surface area contributed by atoms with Gasteiger partial charge in [-0.05, 0) is 38.0 Å². The minimum atomic E-state index is 0.481. The zero-order chi connectivity index (χ0) is 16.2. The number of aryl methyl sites for hydroxylation is 3. The summed E-state index contributed by atoms with van der Waals surface area (Å²) in [6, 6.07) is 7.95. The summed E-state index contributed by atoms with van der Waals surface area (Å²) in [5, 5.41) is 8.62. The molecule has 2 aromatic heterocycles. The molecule has 0 radical (unpaired) electrons. The van der Waals surface area contributed by atoms with Crippen molar-refractivity contribution in [2.75, 3.05) is 12.4 Å². The number of thioether (sulfide) groups is 1. The van der Waals surface area contributed by atoms with Crippen LogP contribution >= 0.6 is 11.8 Å². The highest BCUT2D eigenvalue weighted by atomic mass is 32.2. The molecular formula is C17H18N2O3S. The summed E-state index contributed by atoms with van der Waals surface area (Å²) in [6.07, 6.45) is 1.61. The third-order valence-corrected chi connectivity index (χ3v) is 4.24. The van der Waals surface area contributed by atoms with Crippen molar-refractivity contribution in [2.24, 2.45) is 0 Å². The van der Waals surface area contributed by atoms with E-state index in [0.717, 1.165) is 34.0 Å². The smallest absolute Gasteiger partial charge is 0.276 e. The fraction of sp³-hybridized carbons (Fsp3) is 0.294. The predicted molar refractivity (Wildman–Crippen MR) is 88.9 cm³/mol. The Morgan fingerprint density at radius 3 is 2.57 bits per heavy atom. The molecule has 0 saturated carbocycles. The molecule has 0 atom stereocenters. The summed E-state index contributed by atoms with van der Waals surface area (Å²) >= 11 is 1.48. The van der Waals surface area contributed by atoms with Crippen molar-refractivity contribution in [1.29, 1.82) is 0 Å². The second-order valence-electron chi connectivity index (χ2n) is 5.18. The van der Waals surface area contributed by atoms with Crippen LogP contribution in [0.2, 0.25) is 0 Å². The Labute approximate surface area is 139 Å². The average molecular weight is 330 g/mol. The number of hydrogen-bond acceptors (Lipinski definition) is 6. The van der Waals surface area contributed by atoms with Crippen LogP contribution in [0.15, 0.2) is 44.6 Å². The first-order valence-corrected chi connectivity index (χ1v) is 8.33. The Morgan fingerprint density at radius 2 is 1.87 bits per heavy atom. The Morgan fingerprint density at radius 1 is 1.09 bits per heavy atom. The molecule has 3 rings (SSSR count). The molecule has 120 valence electrons. The monoisotopic (exact) mass is 330 g/mol. The lowest BCUT2D eigenvalue weighted by molar-refractivity contribution is 0.338. The Kier molecular flexibility index (Phi) is 4.71. The third kappa shape index (κ3) is 3.59. The summed E-state index contributed by atoms with van der Waals surface area (Å²) in [5.74, 6) is 2.94. The van der Waals surface area contributed by atoms with E-state index in [1.54, 1.807) is 6.26 Å². The summed E-state index contributed by atoms with van der Waals surface area (Å²) < 4.78 is 16.7. The lowest BCUT2D eigenvalue weighted by Gasteiger charge is -2.10. The number of para-hydroxylation sites is 1.